The summed E-state index contributed by atoms with van der Waals surface area (Å²) in [7, 11) is 2.67. The Morgan fingerprint density at radius 2 is 1.53 bits per heavy atom. The lowest BCUT2D eigenvalue weighted by molar-refractivity contribution is 0.258. The molecule has 0 radical (unpaired) electrons. The van der Waals surface area contributed by atoms with Gasteiger partial charge < -0.3 is 14.8 Å². The third-order valence-corrected chi connectivity index (χ3v) is 8.83. The van der Waals surface area contributed by atoms with E-state index in [9.17, 15) is 4.79 Å². The zero-order valence-electron chi connectivity index (χ0n) is 19.2. The van der Waals surface area contributed by atoms with Crippen molar-refractivity contribution in [3.8, 4) is 22.6 Å². The molecule has 0 saturated heterocycles. The van der Waals surface area contributed by atoms with E-state index in [1.54, 1.807) is 14.2 Å². The molecule has 0 fully saturated rings. The van der Waals surface area contributed by atoms with E-state index in [1.165, 1.54) is 5.30 Å². The highest BCUT2D eigenvalue weighted by atomic mass is 31.1. The highest BCUT2D eigenvalue weighted by molar-refractivity contribution is 7.68. The molecule has 2 amide bonds. The fourth-order valence-electron chi connectivity index (χ4n) is 4.07. The van der Waals surface area contributed by atoms with Gasteiger partial charge in [-0.3, -0.25) is 4.90 Å². The zero-order chi connectivity index (χ0) is 22.9. The number of carbonyl (C=O) groups is 1. The number of benzene rings is 3. The first-order valence-electron chi connectivity index (χ1n) is 10.6. The number of fused-ring (bicyclic) bond motifs is 1. The number of rotatable bonds is 4. The third-order valence-electron chi connectivity index (χ3n) is 5.64. The van der Waals surface area contributed by atoms with Crippen LogP contribution in [-0.2, 0) is 0 Å². The summed E-state index contributed by atoms with van der Waals surface area (Å²) in [6.07, 6.45) is 0.668. The van der Waals surface area contributed by atoms with E-state index < -0.39 is 7.92 Å². The predicted octanol–water partition coefficient (Wildman–Crippen LogP) is 6.29. The van der Waals surface area contributed by atoms with Crippen LogP contribution in [0.1, 0.15) is 20.8 Å². The SMILES string of the molecule is COc1cccc(OC)c1-c1cccc2c1P(C(C)(C)C)CN2C(=O)Nc1ccccc1. The van der Waals surface area contributed by atoms with Crippen molar-refractivity contribution < 1.29 is 14.3 Å². The summed E-state index contributed by atoms with van der Waals surface area (Å²) in [6, 6.07) is 21.4. The van der Waals surface area contributed by atoms with Gasteiger partial charge >= 0.3 is 6.03 Å². The first-order chi connectivity index (χ1) is 15.3. The van der Waals surface area contributed by atoms with Gasteiger partial charge in [-0.2, -0.15) is 0 Å². The number of hydrogen-bond acceptors (Lipinski definition) is 3. The molecule has 6 heteroatoms. The van der Waals surface area contributed by atoms with Crippen LogP contribution in [0.2, 0.25) is 0 Å². The zero-order valence-corrected chi connectivity index (χ0v) is 20.1. The maximum atomic E-state index is 13.3. The molecule has 4 rings (SSSR count). The van der Waals surface area contributed by atoms with E-state index in [0.717, 1.165) is 34.0 Å². The minimum absolute atomic E-state index is 0.0111. The van der Waals surface area contributed by atoms with E-state index in [2.05, 4.69) is 32.2 Å². The van der Waals surface area contributed by atoms with Crippen LogP contribution >= 0.6 is 7.92 Å². The summed E-state index contributed by atoms with van der Waals surface area (Å²) < 4.78 is 11.4. The summed E-state index contributed by atoms with van der Waals surface area (Å²) in [5, 5.41) is 4.27. The first-order valence-corrected chi connectivity index (χ1v) is 12.1. The number of hydrogen-bond donors (Lipinski definition) is 1. The van der Waals surface area contributed by atoms with Crippen molar-refractivity contribution in [2.45, 2.75) is 25.9 Å². The second kappa shape index (κ2) is 8.84. The summed E-state index contributed by atoms with van der Waals surface area (Å²) >= 11 is 0. The first kappa shape index (κ1) is 22.2. The van der Waals surface area contributed by atoms with Gasteiger partial charge in [0.2, 0.25) is 0 Å². The smallest absolute Gasteiger partial charge is 0.326 e. The molecular formula is C26H29N2O3P. The number of ether oxygens (including phenoxy) is 2. The number of amides is 2. The van der Waals surface area contributed by atoms with Crippen LogP contribution < -0.4 is 25.0 Å². The van der Waals surface area contributed by atoms with Crippen LogP contribution in [0.4, 0.5) is 16.2 Å². The van der Waals surface area contributed by atoms with Gasteiger partial charge in [0.15, 0.2) is 0 Å². The molecule has 0 spiro atoms. The Morgan fingerprint density at radius 3 is 2.12 bits per heavy atom. The standard InChI is InChI=1S/C26H29N2O3P/c1-26(2,3)32-17-28(25(29)27-18-11-7-6-8-12-18)20-14-9-13-19(24(20)32)23-21(30-4)15-10-16-22(23)31-5/h6-16H,17H2,1-5H3,(H,27,29). The molecular weight excluding hydrogens is 419 g/mol. The Hall–Kier alpha value is -3.04. The molecule has 1 unspecified atom stereocenters. The Balaban J connectivity index is 1.86. The van der Waals surface area contributed by atoms with Crippen LogP contribution in [0, 0.1) is 0 Å². The van der Waals surface area contributed by atoms with Crippen molar-refractivity contribution >= 4 is 30.6 Å². The quantitative estimate of drug-likeness (QED) is 0.478. The number of carbonyl (C=O) groups excluding carboxylic acids is 1. The molecule has 0 bridgehead atoms. The fourth-order valence-corrected chi connectivity index (χ4v) is 6.82. The van der Waals surface area contributed by atoms with Gasteiger partial charge in [-0.15, -0.1) is 0 Å². The van der Waals surface area contributed by atoms with Crippen LogP contribution in [0.25, 0.3) is 11.1 Å². The molecule has 0 aromatic heterocycles. The van der Waals surface area contributed by atoms with Gasteiger partial charge in [-0.1, -0.05) is 57.2 Å². The maximum Gasteiger partial charge on any atom is 0.326 e. The Kier molecular flexibility index (Phi) is 6.12. The average molecular weight is 449 g/mol. The maximum absolute atomic E-state index is 13.3. The normalized spacial score (nSPS) is 15.3. The van der Waals surface area contributed by atoms with Gasteiger partial charge in [0.05, 0.1) is 31.8 Å². The molecule has 5 nitrogen and oxygen atoms in total. The highest BCUT2D eigenvalue weighted by Crippen LogP contribution is 2.58. The molecule has 166 valence electrons. The lowest BCUT2D eigenvalue weighted by atomic mass is 10.0. The molecule has 1 aliphatic heterocycles. The van der Waals surface area contributed by atoms with E-state index in [0.29, 0.717) is 6.29 Å². The molecule has 1 N–H and O–H groups in total. The Morgan fingerprint density at radius 1 is 0.906 bits per heavy atom. The molecule has 0 saturated carbocycles. The Bertz CT molecular complexity index is 1100. The van der Waals surface area contributed by atoms with E-state index in [1.807, 2.05) is 65.6 Å². The molecule has 1 heterocycles. The van der Waals surface area contributed by atoms with Crippen molar-refractivity contribution in [2.75, 3.05) is 30.7 Å². The van der Waals surface area contributed by atoms with E-state index >= 15 is 0 Å². The van der Waals surface area contributed by atoms with Gasteiger partial charge in [0.1, 0.15) is 11.5 Å². The van der Waals surface area contributed by atoms with Crippen molar-refractivity contribution in [1.29, 1.82) is 0 Å². The molecule has 1 aliphatic rings. The monoisotopic (exact) mass is 448 g/mol. The topological polar surface area (TPSA) is 50.8 Å². The van der Waals surface area contributed by atoms with Crippen molar-refractivity contribution in [2.24, 2.45) is 0 Å². The predicted molar refractivity (Wildman–Crippen MR) is 134 cm³/mol. The lowest BCUT2D eigenvalue weighted by Gasteiger charge is -2.29. The van der Waals surface area contributed by atoms with Gasteiger partial charge in [0, 0.05) is 11.0 Å². The van der Waals surface area contributed by atoms with Crippen LogP contribution in [0.15, 0.2) is 66.7 Å². The number of urea groups is 1. The summed E-state index contributed by atoms with van der Waals surface area (Å²) in [4.78, 5) is 15.2. The Labute approximate surface area is 191 Å². The number of nitrogens with zero attached hydrogens (tertiary/aromatic N) is 1. The minimum Gasteiger partial charge on any atom is -0.496 e. The second-order valence-corrected chi connectivity index (χ2v) is 11.6. The summed E-state index contributed by atoms with van der Waals surface area (Å²) in [5.74, 6) is 1.52. The number of methoxy groups -OCH3 is 2. The molecule has 3 aromatic carbocycles. The van der Waals surface area contributed by atoms with Crippen LogP contribution in [0.5, 0.6) is 11.5 Å². The van der Waals surface area contributed by atoms with Crippen molar-refractivity contribution in [1.82, 2.24) is 0 Å². The minimum atomic E-state index is -0.674. The third kappa shape index (κ3) is 4.05. The van der Waals surface area contributed by atoms with Crippen molar-refractivity contribution in [3.63, 3.8) is 0 Å². The van der Waals surface area contributed by atoms with Gasteiger partial charge in [0.25, 0.3) is 0 Å². The van der Waals surface area contributed by atoms with Crippen LogP contribution in [0.3, 0.4) is 0 Å². The van der Waals surface area contributed by atoms with E-state index in [-0.39, 0.29) is 11.2 Å². The van der Waals surface area contributed by atoms with Crippen LogP contribution in [-0.4, -0.2) is 31.7 Å². The highest BCUT2D eigenvalue weighted by Gasteiger charge is 2.41. The lowest BCUT2D eigenvalue weighted by Crippen LogP contribution is -2.33. The second-order valence-electron chi connectivity index (χ2n) is 8.68. The molecule has 0 aliphatic carbocycles. The summed E-state index contributed by atoms with van der Waals surface area (Å²) in [6.45, 7) is 6.74. The fraction of sp³-hybridized carbons (Fsp3) is 0.269. The molecule has 3 aromatic rings. The number of nitrogens with one attached hydrogen (secondary N) is 1. The summed E-state index contributed by atoms with van der Waals surface area (Å²) in [5.41, 5.74) is 3.72. The number of para-hydroxylation sites is 1. The van der Waals surface area contributed by atoms with Gasteiger partial charge in [-0.25, -0.2) is 4.79 Å². The molecule has 1 atom stereocenters. The largest absolute Gasteiger partial charge is 0.496 e. The average Bonchev–Trinajstić information content (AvgIpc) is 3.20. The molecule has 32 heavy (non-hydrogen) atoms. The number of anilines is 2. The van der Waals surface area contributed by atoms with Gasteiger partial charge in [-0.05, 0) is 49.0 Å². The van der Waals surface area contributed by atoms with E-state index in [4.69, 9.17) is 9.47 Å². The van der Waals surface area contributed by atoms with Crippen molar-refractivity contribution in [3.05, 3.63) is 66.7 Å².